The fourth-order valence-electron chi connectivity index (χ4n) is 0.944. The summed E-state index contributed by atoms with van der Waals surface area (Å²) >= 11 is 0. The lowest BCUT2D eigenvalue weighted by Crippen LogP contribution is -1.93. The second-order valence-electron chi connectivity index (χ2n) is 2.68. The molecule has 0 aromatic rings. The third-order valence-electron chi connectivity index (χ3n) is 1.86. The molecule has 0 aromatic carbocycles. The number of hydrogen-bond acceptors (Lipinski definition) is 0. The zero-order chi connectivity index (χ0) is 7.82. The first kappa shape index (κ1) is 9.74. The largest absolute Gasteiger partial charge is 0.0888 e. The van der Waals surface area contributed by atoms with Crippen LogP contribution in [0.25, 0.3) is 0 Å². The van der Waals surface area contributed by atoms with Crippen molar-refractivity contribution in [3.8, 4) is 0 Å². The lowest BCUT2D eigenvalue weighted by atomic mass is 9.99. The molecule has 0 rings (SSSR count). The molecule has 0 spiro atoms. The highest BCUT2D eigenvalue weighted by atomic mass is 14.0. The zero-order valence-corrected chi connectivity index (χ0v) is 7.27. The number of rotatable bonds is 5. The zero-order valence-electron chi connectivity index (χ0n) is 7.27. The molecule has 0 aromatic heterocycles. The molecule has 1 atom stereocenters. The molecule has 0 nitrogen and oxygen atoms in total. The van der Waals surface area contributed by atoms with Crippen molar-refractivity contribution in [2.24, 2.45) is 5.92 Å². The van der Waals surface area contributed by atoms with E-state index in [-0.39, 0.29) is 0 Å². The molecule has 0 amide bonds. The van der Waals surface area contributed by atoms with Crippen LogP contribution < -0.4 is 0 Å². The molecule has 59 valence electrons. The van der Waals surface area contributed by atoms with Gasteiger partial charge in [0.25, 0.3) is 0 Å². The maximum Gasteiger partial charge on any atom is -0.0322 e. The summed E-state index contributed by atoms with van der Waals surface area (Å²) in [7, 11) is 0. The van der Waals surface area contributed by atoms with Gasteiger partial charge in [0.15, 0.2) is 0 Å². The first-order valence-corrected chi connectivity index (χ1v) is 4.29. The van der Waals surface area contributed by atoms with Crippen LogP contribution in [0, 0.1) is 12.8 Å². The summed E-state index contributed by atoms with van der Waals surface area (Å²) in [5, 5.41) is 0. The Bertz CT molecular complexity index is 78.0. The van der Waals surface area contributed by atoms with Crippen molar-refractivity contribution in [3.63, 3.8) is 0 Å². The summed E-state index contributed by atoms with van der Waals surface area (Å²) in [6.45, 7) is 8.30. The van der Waals surface area contributed by atoms with Crippen LogP contribution in [0.2, 0.25) is 0 Å². The molecular weight excluding hydrogens is 120 g/mol. The predicted octanol–water partition coefficient (Wildman–Crippen LogP) is 3.59. The van der Waals surface area contributed by atoms with Crippen molar-refractivity contribution in [1.82, 2.24) is 0 Å². The normalized spacial score (nSPS) is 11.6. The fraction of sp³-hybridized carbons (Fsp3) is 0.700. The molecule has 0 heterocycles. The summed E-state index contributed by atoms with van der Waals surface area (Å²) in [5.74, 6) is 0.808. The number of hydrogen-bond donors (Lipinski definition) is 0. The van der Waals surface area contributed by atoms with Gasteiger partial charge in [-0.25, -0.2) is 0 Å². The van der Waals surface area contributed by atoms with E-state index in [0.29, 0.717) is 0 Å². The lowest BCUT2D eigenvalue weighted by Gasteiger charge is -2.07. The number of allylic oxidation sites excluding steroid dienone is 2. The van der Waals surface area contributed by atoms with Gasteiger partial charge in [0.1, 0.15) is 0 Å². The van der Waals surface area contributed by atoms with Crippen molar-refractivity contribution in [2.45, 2.75) is 39.5 Å². The lowest BCUT2D eigenvalue weighted by molar-refractivity contribution is 0.522. The second-order valence-corrected chi connectivity index (χ2v) is 2.68. The van der Waals surface area contributed by atoms with E-state index in [1.54, 1.807) is 0 Å². The van der Waals surface area contributed by atoms with E-state index >= 15 is 0 Å². The summed E-state index contributed by atoms with van der Waals surface area (Å²) < 4.78 is 0. The van der Waals surface area contributed by atoms with Crippen LogP contribution in [0.15, 0.2) is 12.2 Å². The van der Waals surface area contributed by atoms with Crippen LogP contribution in [0.3, 0.4) is 0 Å². The van der Waals surface area contributed by atoms with Crippen molar-refractivity contribution in [1.29, 1.82) is 0 Å². The van der Waals surface area contributed by atoms with Crippen molar-refractivity contribution >= 4 is 0 Å². The van der Waals surface area contributed by atoms with Crippen LogP contribution in [-0.2, 0) is 0 Å². The Kier molecular flexibility index (Phi) is 6.68. The molecule has 0 aliphatic carbocycles. The third kappa shape index (κ3) is 4.60. The second kappa shape index (κ2) is 6.85. The maximum absolute atomic E-state index is 3.90. The summed E-state index contributed by atoms with van der Waals surface area (Å²) in [5.41, 5.74) is 0. The molecule has 0 fully saturated rings. The minimum Gasteiger partial charge on any atom is -0.0888 e. The van der Waals surface area contributed by atoms with Gasteiger partial charge in [-0.05, 0) is 18.8 Å². The minimum absolute atomic E-state index is 0.808. The average molecular weight is 139 g/mol. The van der Waals surface area contributed by atoms with Gasteiger partial charge in [-0.2, -0.15) is 0 Å². The molecule has 0 N–H and O–H groups in total. The first-order chi connectivity index (χ1) is 4.85. The van der Waals surface area contributed by atoms with Gasteiger partial charge >= 0.3 is 0 Å². The minimum atomic E-state index is 0.808. The van der Waals surface area contributed by atoms with Crippen molar-refractivity contribution in [2.75, 3.05) is 0 Å². The summed E-state index contributed by atoms with van der Waals surface area (Å²) in [6.07, 6.45) is 9.22. The highest BCUT2D eigenvalue weighted by molar-refractivity contribution is 4.82. The van der Waals surface area contributed by atoms with E-state index < -0.39 is 0 Å². The molecule has 0 aliphatic rings. The Hall–Kier alpha value is -0.260. The molecule has 0 aliphatic heterocycles. The van der Waals surface area contributed by atoms with Gasteiger partial charge in [-0.1, -0.05) is 45.8 Å². The monoisotopic (exact) mass is 139 g/mol. The summed E-state index contributed by atoms with van der Waals surface area (Å²) in [4.78, 5) is 0. The predicted molar refractivity (Wildman–Crippen MR) is 47.8 cm³/mol. The van der Waals surface area contributed by atoms with Crippen LogP contribution in [0.1, 0.15) is 39.5 Å². The highest BCUT2D eigenvalue weighted by Crippen LogP contribution is 2.12. The Morgan fingerprint density at radius 3 is 2.40 bits per heavy atom. The van der Waals surface area contributed by atoms with E-state index in [2.05, 4.69) is 32.9 Å². The Morgan fingerprint density at radius 2 is 2.00 bits per heavy atom. The maximum atomic E-state index is 3.90. The van der Waals surface area contributed by atoms with Crippen LogP contribution in [-0.4, -0.2) is 0 Å². The van der Waals surface area contributed by atoms with Crippen LogP contribution >= 0.6 is 0 Å². The van der Waals surface area contributed by atoms with Crippen molar-refractivity contribution < 1.29 is 0 Å². The van der Waals surface area contributed by atoms with Crippen LogP contribution in [0.5, 0.6) is 0 Å². The van der Waals surface area contributed by atoms with Gasteiger partial charge in [0, 0.05) is 0 Å². The topological polar surface area (TPSA) is 0 Å². The van der Waals surface area contributed by atoms with Gasteiger partial charge in [-0.3, -0.25) is 0 Å². The molecule has 0 saturated carbocycles. The average Bonchev–Trinajstić information content (AvgIpc) is 1.99. The fourth-order valence-corrected chi connectivity index (χ4v) is 0.944. The molecule has 1 radical (unpaired) electrons. The van der Waals surface area contributed by atoms with E-state index in [1.807, 2.05) is 0 Å². The van der Waals surface area contributed by atoms with E-state index in [1.165, 1.54) is 12.8 Å². The SMILES string of the molecule is [CH2]CC(CC)C/C=C/CC. The molecule has 1 unspecified atom stereocenters. The van der Waals surface area contributed by atoms with Gasteiger partial charge < -0.3 is 0 Å². The van der Waals surface area contributed by atoms with E-state index in [9.17, 15) is 0 Å². The van der Waals surface area contributed by atoms with E-state index in [4.69, 9.17) is 0 Å². The summed E-state index contributed by atoms with van der Waals surface area (Å²) in [6, 6.07) is 0. The first-order valence-electron chi connectivity index (χ1n) is 4.29. The Balaban J connectivity index is 3.34. The Morgan fingerprint density at radius 1 is 1.30 bits per heavy atom. The smallest absolute Gasteiger partial charge is 0.0322 e. The molecule has 0 saturated heterocycles. The third-order valence-corrected chi connectivity index (χ3v) is 1.86. The van der Waals surface area contributed by atoms with Gasteiger partial charge in [-0.15, -0.1) is 0 Å². The highest BCUT2D eigenvalue weighted by Gasteiger charge is 1.98. The van der Waals surface area contributed by atoms with Gasteiger partial charge in [0.2, 0.25) is 0 Å². The molecule has 10 heavy (non-hydrogen) atoms. The Labute approximate surface area is 65.3 Å². The molecule has 0 heteroatoms. The molecule has 0 bridgehead atoms. The van der Waals surface area contributed by atoms with Crippen molar-refractivity contribution in [3.05, 3.63) is 19.1 Å². The van der Waals surface area contributed by atoms with Gasteiger partial charge in [0.05, 0.1) is 0 Å². The van der Waals surface area contributed by atoms with E-state index in [0.717, 1.165) is 18.8 Å². The van der Waals surface area contributed by atoms with Crippen LogP contribution in [0.4, 0.5) is 0 Å². The standard InChI is InChI=1S/C10H19/c1-4-7-8-9-10(5-2)6-3/h7-8,10H,2,4-6,9H2,1,3H3/b8-7+. The molecular formula is C10H19. The quantitative estimate of drug-likeness (QED) is 0.510.